The van der Waals surface area contributed by atoms with Crippen LogP contribution >= 0.6 is 11.8 Å². The highest BCUT2D eigenvalue weighted by Crippen LogP contribution is 2.41. The van der Waals surface area contributed by atoms with Gasteiger partial charge in [-0.25, -0.2) is 4.39 Å². The maximum absolute atomic E-state index is 13.0. The van der Waals surface area contributed by atoms with Crippen LogP contribution in [0.2, 0.25) is 0 Å². The first-order valence-electron chi connectivity index (χ1n) is 7.23. The van der Waals surface area contributed by atoms with Gasteiger partial charge in [-0.3, -0.25) is 14.8 Å². The highest BCUT2D eigenvalue weighted by atomic mass is 32.2. The Labute approximate surface area is 138 Å². The molecule has 1 amide bonds. The normalized spacial score (nSPS) is 23.8. The van der Waals surface area contributed by atoms with E-state index in [2.05, 4.69) is 15.3 Å². The van der Waals surface area contributed by atoms with E-state index in [1.54, 1.807) is 24.5 Å². The lowest BCUT2D eigenvalue weighted by atomic mass is 10.0. The second kappa shape index (κ2) is 6.12. The fraction of sp³-hybridized carbons (Fsp3) is 0.235. The van der Waals surface area contributed by atoms with Crippen molar-refractivity contribution >= 4 is 22.8 Å². The van der Waals surface area contributed by atoms with Crippen LogP contribution < -0.4 is 5.32 Å². The fourth-order valence-electron chi connectivity index (χ4n) is 2.37. The Kier molecular flexibility index (Phi) is 4.17. The molecule has 0 bridgehead atoms. The molecule has 1 fully saturated rings. The summed E-state index contributed by atoms with van der Waals surface area (Å²) in [6.07, 6.45) is 3.37. The second-order valence-electron chi connectivity index (χ2n) is 5.49. The van der Waals surface area contributed by atoms with Gasteiger partial charge in [0.05, 0.1) is 6.04 Å². The first-order valence-corrected chi connectivity index (χ1v) is 8.05. The quantitative estimate of drug-likeness (QED) is 0.939. The maximum atomic E-state index is 13.0. The van der Waals surface area contributed by atoms with Crippen LogP contribution in [-0.4, -0.2) is 16.1 Å². The van der Waals surface area contributed by atoms with Gasteiger partial charge < -0.3 is 5.32 Å². The zero-order valence-electron chi connectivity index (χ0n) is 12.8. The van der Waals surface area contributed by atoms with E-state index in [1.165, 1.54) is 23.9 Å². The highest BCUT2D eigenvalue weighted by Gasteiger charge is 2.44. The van der Waals surface area contributed by atoms with Crippen molar-refractivity contribution in [3.05, 3.63) is 65.7 Å². The van der Waals surface area contributed by atoms with Crippen LogP contribution in [0.25, 0.3) is 0 Å². The van der Waals surface area contributed by atoms with Crippen molar-refractivity contribution in [2.45, 2.75) is 24.6 Å². The van der Waals surface area contributed by atoms with Crippen LogP contribution in [0.4, 0.5) is 4.39 Å². The number of nitrogens with zero attached hydrogens (tertiary/aromatic N) is 2. The van der Waals surface area contributed by atoms with Gasteiger partial charge in [-0.1, -0.05) is 30.0 Å². The highest BCUT2D eigenvalue weighted by molar-refractivity contribution is 8.15. The SMILES string of the molecule is C[C@H](N=C1NC(=O)[C@](C)(c2cccnc2)S1)c1ccc(F)cc1. The molecule has 4 nitrogen and oxygen atoms in total. The number of benzene rings is 1. The lowest BCUT2D eigenvalue weighted by Crippen LogP contribution is -2.31. The predicted octanol–water partition coefficient (Wildman–Crippen LogP) is 3.42. The van der Waals surface area contributed by atoms with Gasteiger partial charge in [0.2, 0.25) is 5.91 Å². The third kappa shape index (κ3) is 3.12. The van der Waals surface area contributed by atoms with Gasteiger partial charge in [0.15, 0.2) is 5.17 Å². The minimum absolute atomic E-state index is 0.111. The largest absolute Gasteiger partial charge is 0.304 e. The van der Waals surface area contributed by atoms with Crippen molar-refractivity contribution in [2.24, 2.45) is 4.99 Å². The van der Waals surface area contributed by atoms with Crippen LogP contribution in [-0.2, 0) is 9.54 Å². The number of nitrogens with one attached hydrogen (secondary N) is 1. The van der Waals surface area contributed by atoms with Gasteiger partial charge in [0.1, 0.15) is 10.6 Å². The molecule has 1 aromatic carbocycles. The molecule has 0 radical (unpaired) electrons. The monoisotopic (exact) mass is 329 g/mol. The van der Waals surface area contributed by atoms with Crippen molar-refractivity contribution in [3.63, 3.8) is 0 Å². The lowest BCUT2D eigenvalue weighted by molar-refractivity contribution is -0.121. The Morgan fingerprint density at radius 1 is 1.30 bits per heavy atom. The molecule has 1 aliphatic heterocycles. The standard InChI is InChI=1S/C17H16FN3OS/c1-11(12-5-7-14(18)8-6-12)20-16-21-15(22)17(2,23-16)13-4-3-9-19-10-13/h3-11H,1-2H3,(H,20,21,22)/t11-,17-/m0/s1. The Hall–Kier alpha value is -2.21. The Balaban J connectivity index is 1.83. The molecule has 0 unspecified atom stereocenters. The van der Waals surface area contributed by atoms with E-state index in [-0.39, 0.29) is 17.8 Å². The first kappa shape index (κ1) is 15.7. The smallest absolute Gasteiger partial charge is 0.246 e. The zero-order valence-corrected chi connectivity index (χ0v) is 13.6. The van der Waals surface area contributed by atoms with Crippen molar-refractivity contribution in [3.8, 4) is 0 Å². The van der Waals surface area contributed by atoms with Gasteiger partial charge in [0, 0.05) is 12.4 Å². The van der Waals surface area contributed by atoms with Crippen molar-refractivity contribution in [1.29, 1.82) is 0 Å². The number of halogens is 1. The third-order valence-electron chi connectivity index (χ3n) is 3.83. The Morgan fingerprint density at radius 3 is 2.70 bits per heavy atom. The molecule has 1 saturated heterocycles. The molecule has 0 aliphatic carbocycles. The van der Waals surface area contributed by atoms with Gasteiger partial charge in [-0.05, 0) is 43.2 Å². The molecular formula is C17H16FN3OS. The minimum Gasteiger partial charge on any atom is -0.304 e. The summed E-state index contributed by atoms with van der Waals surface area (Å²) < 4.78 is 12.3. The van der Waals surface area contributed by atoms with E-state index in [0.717, 1.165) is 11.1 Å². The van der Waals surface area contributed by atoms with E-state index in [1.807, 2.05) is 26.0 Å². The van der Waals surface area contributed by atoms with Crippen molar-refractivity contribution in [1.82, 2.24) is 10.3 Å². The number of carbonyl (C=O) groups is 1. The minimum atomic E-state index is -0.740. The molecule has 2 aromatic rings. The molecule has 3 rings (SSSR count). The number of aliphatic imine (C=N–C) groups is 1. The number of pyridine rings is 1. The number of amides is 1. The molecule has 2 heterocycles. The summed E-state index contributed by atoms with van der Waals surface area (Å²) >= 11 is 1.38. The van der Waals surface area contributed by atoms with Crippen molar-refractivity contribution in [2.75, 3.05) is 0 Å². The van der Waals surface area contributed by atoms with E-state index >= 15 is 0 Å². The summed E-state index contributed by atoms with van der Waals surface area (Å²) in [5.74, 6) is -0.387. The lowest BCUT2D eigenvalue weighted by Gasteiger charge is -2.18. The van der Waals surface area contributed by atoms with Crippen LogP contribution in [0.3, 0.4) is 0 Å². The zero-order chi connectivity index (χ0) is 16.4. The Bertz CT molecular complexity index is 748. The summed E-state index contributed by atoms with van der Waals surface area (Å²) in [6.45, 7) is 3.77. The molecule has 0 spiro atoms. The second-order valence-corrected chi connectivity index (χ2v) is 6.90. The summed E-state index contributed by atoms with van der Waals surface area (Å²) in [5.41, 5.74) is 1.73. The molecule has 2 atom stereocenters. The van der Waals surface area contributed by atoms with Gasteiger partial charge in [-0.15, -0.1) is 0 Å². The third-order valence-corrected chi connectivity index (χ3v) is 5.06. The number of aromatic nitrogens is 1. The number of rotatable bonds is 3. The van der Waals surface area contributed by atoms with Crippen molar-refractivity contribution < 1.29 is 9.18 Å². The van der Waals surface area contributed by atoms with E-state index < -0.39 is 4.75 Å². The van der Waals surface area contributed by atoms with Crippen LogP contribution in [0, 0.1) is 5.82 Å². The molecule has 118 valence electrons. The topological polar surface area (TPSA) is 54.4 Å². The van der Waals surface area contributed by atoms with E-state index in [9.17, 15) is 9.18 Å². The molecule has 1 aliphatic rings. The molecule has 1 N–H and O–H groups in total. The van der Waals surface area contributed by atoms with Gasteiger partial charge >= 0.3 is 0 Å². The summed E-state index contributed by atoms with van der Waals surface area (Å²) in [4.78, 5) is 21.0. The average molecular weight is 329 g/mol. The average Bonchev–Trinajstić information content (AvgIpc) is 2.84. The van der Waals surface area contributed by atoms with Gasteiger partial charge in [-0.2, -0.15) is 0 Å². The first-order chi connectivity index (χ1) is 11.0. The number of amidine groups is 1. The summed E-state index contributed by atoms with van der Waals surface area (Å²) in [6, 6.07) is 9.74. The number of thioether (sulfide) groups is 1. The fourth-order valence-corrected chi connectivity index (χ4v) is 3.49. The summed E-state index contributed by atoms with van der Waals surface area (Å²) in [5, 5.41) is 3.39. The molecular weight excluding hydrogens is 313 g/mol. The van der Waals surface area contributed by atoms with E-state index in [0.29, 0.717) is 5.17 Å². The maximum Gasteiger partial charge on any atom is 0.246 e. The number of hydrogen-bond donors (Lipinski definition) is 1. The molecule has 1 aromatic heterocycles. The van der Waals surface area contributed by atoms with Crippen LogP contribution in [0.1, 0.15) is 31.0 Å². The van der Waals surface area contributed by atoms with Gasteiger partial charge in [0.25, 0.3) is 0 Å². The molecule has 6 heteroatoms. The predicted molar refractivity (Wildman–Crippen MR) is 89.6 cm³/mol. The molecule has 23 heavy (non-hydrogen) atoms. The number of hydrogen-bond acceptors (Lipinski definition) is 4. The number of carbonyl (C=O) groups excluding carboxylic acids is 1. The van der Waals surface area contributed by atoms with Crippen LogP contribution in [0.15, 0.2) is 53.8 Å². The summed E-state index contributed by atoms with van der Waals surface area (Å²) in [7, 11) is 0. The Morgan fingerprint density at radius 2 is 2.04 bits per heavy atom. The molecule has 0 saturated carbocycles. The van der Waals surface area contributed by atoms with E-state index in [4.69, 9.17) is 0 Å². The van der Waals surface area contributed by atoms with Crippen LogP contribution in [0.5, 0.6) is 0 Å².